The molecule has 1 amide bonds. The number of ether oxygens (including phenoxy) is 2. The Balaban J connectivity index is 1.72. The highest BCUT2D eigenvalue weighted by Gasteiger charge is 2.44. The minimum Gasteiger partial charge on any atom is -0.503 e. The molecule has 0 radical (unpaired) electrons. The van der Waals surface area contributed by atoms with Crippen LogP contribution in [0.2, 0.25) is 0 Å². The van der Waals surface area contributed by atoms with Crippen LogP contribution in [0.1, 0.15) is 62.2 Å². The number of unbranched alkanes of at least 4 members (excludes halogenated alkanes) is 1. The summed E-state index contributed by atoms with van der Waals surface area (Å²) in [5, 5.41) is 11.8. The Morgan fingerprint density at radius 2 is 1.82 bits per heavy atom. The summed E-state index contributed by atoms with van der Waals surface area (Å²) in [6, 6.07) is 13.6. The van der Waals surface area contributed by atoms with Gasteiger partial charge < -0.3 is 28.8 Å². The van der Waals surface area contributed by atoms with Crippen molar-refractivity contribution in [2.75, 3.05) is 39.9 Å². The number of Topliss-reactive ketones (excluding diaryl/α,β-unsaturated/α-hetero) is 1. The Morgan fingerprint density at radius 1 is 1.05 bits per heavy atom. The van der Waals surface area contributed by atoms with Crippen LogP contribution in [0, 0.1) is 0 Å². The second-order valence-corrected chi connectivity index (χ2v) is 9.63. The van der Waals surface area contributed by atoms with Crippen molar-refractivity contribution in [1.82, 2.24) is 9.80 Å². The van der Waals surface area contributed by atoms with Crippen molar-refractivity contribution in [3.8, 4) is 11.5 Å². The first-order valence-corrected chi connectivity index (χ1v) is 13.7. The number of aliphatic hydroxyl groups excluding tert-OH is 1. The number of fused-ring (bicyclic) bond motifs is 1. The highest BCUT2D eigenvalue weighted by Crippen LogP contribution is 2.42. The summed E-state index contributed by atoms with van der Waals surface area (Å²) in [6.45, 7) is 9.83. The predicted molar refractivity (Wildman–Crippen MR) is 150 cm³/mol. The number of ketones is 1. The lowest BCUT2D eigenvalue weighted by molar-refractivity contribution is -0.129. The smallest absolute Gasteiger partial charge is 0.290 e. The highest BCUT2D eigenvalue weighted by atomic mass is 16.5. The Labute approximate surface area is 229 Å². The monoisotopic (exact) mass is 534 g/mol. The van der Waals surface area contributed by atoms with Gasteiger partial charge in [-0.3, -0.25) is 9.59 Å². The largest absolute Gasteiger partial charge is 0.503 e. The number of methoxy groups -OCH3 is 1. The number of aliphatic hydroxyl groups is 1. The fourth-order valence-corrected chi connectivity index (χ4v) is 4.99. The van der Waals surface area contributed by atoms with Gasteiger partial charge in [-0.2, -0.15) is 0 Å². The molecular weight excluding hydrogens is 496 g/mol. The van der Waals surface area contributed by atoms with Gasteiger partial charge in [0.15, 0.2) is 23.0 Å². The summed E-state index contributed by atoms with van der Waals surface area (Å²) in [4.78, 5) is 31.0. The molecule has 39 heavy (non-hydrogen) atoms. The Hall–Kier alpha value is -3.78. The molecule has 0 aliphatic carbocycles. The summed E-state index contributed by atoms with van der Waals surface area (Å²) >= 11 is 0. The minimum atomic E-state index is -0.798. The van der Waals surface area contributed by atoms with Crippen molar-refractivity contribution >= 4 is 22.7 Å². The number of rotatable bonds is 14. The van der Waals surface area contributed by atoms with Gasteiger partial charge in [0.25, 0.3) is 5.91 Å². The second kappa shape index (κ2) is 12.8. The standard InChI is InChI=1S/C31H38N2O6/c1-5-8-18-38-24-15-14-22(20-25(24)37-4)28-27(29(34)26-19-21-12-9-10-13-23(21)39-26)30(35)31(36)33(28)17-11-16-32(6-2)7-3/h9-10,12-15,19-20,28,35H,5-8,11,16-18H2,1-4H3. The maximum atomic E-state index is 13.8. The molecule has 3 aromatic rings. The van der Waals surface area contributed by atoms with Crippen LogP contribution in [0.25, 0.3) is 11.0 Å². The van der Waals surface area contributed by atoms with Crippen molar-refractivity contribution in [3.05, 3.63) is 71.2 Å². The number of nitrogens with zero attached hydrogens (tertiary/aromatic N) is 2. The Morgan fingerprint density at radius 3 is 2.51 bits per heavy atom. The molecule has 0 spiro atoms. The van der Waals surface area contributed by atoms with Gasteiger partial charge in [0.2, 0.25) is 5.78 Å². The zero-order valence-electron chi connectivity index (χ0n) is 23.2. The number of benzene rings is 2. The molecule has 1 atom stereocenters. The number of furan rings is 1. The minimum absolute atomic E-state index is 0.00333. The molecule has 4 rings (SSSR count). The molecule has 0 bridgehead atoms. The average Bonchev–Trinajstić information content (AvgIpc) is 3.50. The summed E-state index contributed by atoms with van der Waals surface area (Å²) in [7, 11) is 1.56. The Bertz CT molecular complexity index is 1310. The molecule has 8 heteroatoms. The van der Waals surface area contributed by atoms with Gasteiger partial charge in [-0.25, -0.2) is 0 Å². The van der Waals surface area contributed by atoms with Crippen LogP contribution >= 0.6 is 0 Å². The lowest BCUT2D eigenvalue weighted by Gasteiger charge is -2.28. The second-order valence-electron chi connectivity index (χ2n) is 9.63. The number of carbonyl (C=O) groups is 2. The van der Waals surface area contributed by atoms with E-state index in [0.717, 1.165) is 37.9 Å². The zero-order valence-corrected chi connectivity index (χ0v) is 23.2. The van der Waals surface area contributed by atoms with E-state index >= 15 is 0 Å². The van der Waals surface area contributed by atoms with Crippen LogP contribution in [0.5, 0.6) is 11.5 Å². The van der Waals surface area contributed by atoms with E-state index in [1.165, 1.54) is 0 Å². The maximum absolute atomic E-state index is 13.8. The molecule has 0 fully saturated rings. The van der Waals surface area contributed by atoms with E-state index < -0.39 is 23.5 Å². The molecule has 1 aliphatic heterocycles. The van der Waals surface area contributed by atoms with Crippen molar-refractivity contribution in [2.45, 2.75) is 46.1 Å². The van der Waals surface area contributed by atoms with E-state index in [9.17, 15) is 14.7 Å². The maximum Gasteiger partial charge on any atom is 0.290 e. The van der Waals surface area contributed by atoms with Crippen LogP contribution in [0.4, 0.5) is 0 Å². The number of para-hydroxylation sites is 1. The van der Waals surface area contributed by atoms with Crippen LogP contribution in [-0.4, -0.2) is 66.5 Å². The third kappa shape index (κ3) is 5.96. The number of amides is 1. The highest BCUT2D eigenvalue weighted by molar-refractivity contribution is 6.16. The normalized spacial score (nSPS) is 15.6. The van der Waals surface area contributed by atoms with E-state index in [2.05, 4.69) is 25.7 Å². The first kappa shape index (κ1) is 28.2. The Kier molecular flexibility index (Phi) is 9.30. The molecule has 1 aromatic heterocycles. The van der Waals surface area contributed by atoms with Crippen LogP contribution in [0.15, 0.2) is 64.3 Å². The quantitative estimate of drug-likeness (QED) is 0.202. The third-order valence-corrected chi connectivity index (χ3v) is 7.22. The lowest BCUT2D eigenvalue weighted by Crippen LogP contribution is -2.34. The van der Waals surface area contributed by atoms with E-state index in [4.69, 9.17) is 13.9 Å². The van der Waals surface area contributed by atoms with Gasteiger partial charge >= 0.3 is 0 Å². The number of carbonyl (C=O) groups excluding carboxylic acids is 2. The fourth-order valence-electron chi connectivity index (χ4n) is 4.99. The molecule has 0 saturated heterocycles. The molecule has 8 nitrogen and oxygen atoms in total. The summed E-state index contributed by atoms with van der Waals surface area (Å²) in [5.74, 6) is -0.467. The zero-order chi connectivity index (χ0) is 27.9. The number of hydrogen-bond acceptors (Lipinski definition) is 7. The van der Waals surface area contributed by atoms with E-state index in [-0.39, 0.29) is 11.3 Å². The molecule has 1 N–H and O–H groups in total. The first-order valence-electron chi connectivity index (χ1n) is 13.7. The molecule has 2 heterocycles. The third-order valence-electron chi connectivity index (χ3n) is 7.22. The molecule has 2 aromatic carbocycles. The van der Waals surface area contributed by atoms with Gasteiger partial charge in [0.05, 0.1) is 25.3 Å². The van der Waals surface area contributed by atoms with Gasteiger partial charge in [-0.1, -0.05) is 51.5 Å². The molecule has 1 aliphatic rings. The van der Waals surface area contributed by atoms with Crippen molar-refractivity contribution in [1.29, 1.82) is 0 Å². The van der Waals surface area contributed by atoms with Gasteiger partial charge in [0.1, 0.15) is 5.58 Å². The van der Waals surface area contributed by atoms with E-state index in [0.29, 0.717) is 42.2 Å². The van der Waals surface area contributed by atoms with E-state index in [1.807, 2.05) is 24.3 Å². The van der Waals surface area contributed by atoms with Gasteiger partial charge in [-0.05, 0) is 62.3 Å². The number of hydrogen-bond donors (Lipinski definition) is 1. The first-order chi connectivity index (χ1) is 18.9. The van der Waals surface area contributed by atoms with Gasteiger partial charge in [0, 0.05) is 11.9 Å². The fraction of sp³-hybridized carbons (Fsp3) is 0.419. The van der Waals surface area contributed by atoms with Gasteiger partial charge in [-0.15, -0.1) is 0 Å². The summed E-state index contributed by atoms with van der Waals surface area (Å²) < 4.78 is 17.3. The SMILES string of the molecule is CCCCOc1ccc(C2C(C(=O)c3cc4ccccc4o3)=C(O)C(=O)N2CCCN(CC)CC)cc1OC. The van der Waals surface area contributed by atoms with Crippen LogP contribution in [-0.2, 0) is 4.79 Å². The average molecular weight is 535 g/mol. The van der Waals surface area contributed by atoms with Crippen LogP contribution < -0.4 is 9.47 Å². The summed E-state index contributed by atoms with van der Waals surface area (Å²) in [5.41, 5.74) is 1.21. The van der Waals surface area contributed by atoms with Crippen molar-refractivity contribution < 1.29 is 28.6 Å². The molecule has 208 valence electrons. The van der Waals surface area contributed by atoms with E-state index in [1.54, 1.807) is 36.3 Å². The van der Waals surface area contributed by atoms with Crippen molar-refractivity contribution in [2.24, 2.45) is 0 Å². The molecular formula is C31H38N2O6. The van der Waals surface area contributed by atoms with Crippen LogP contribution in [0.3, 0.4) is 0 Å². The lowest BCUT2D eigenvalue weighted by atomic mass is 9.94. The molecule has 1 unspecified atom stereocenters. The summed E-state index contributed by atoms with van der Waals surface area (Å²) in [6.07, 6.45) is 2.61. The predicted octanol–water partition coefficient (Wildman–Crippen LogP) is 5.93. The molecule has 0 saturated carbocycles. The van der Waals surface area contributed by atoms with Crippen molar-refractivity contribution in [3.63, 3.8) is 0 Å². The topological polar surface area (TPSA) is 92.5 Å².